The van der Waals surface area contributed by atoms with Crippen LogP contribution in [0.25, 0.3) is 0 Å². The van der Waals surface area contributed by atoms with E-state index < -0.39 is 10.0 Å². The van der Waals surface area contributed by atoms with Crippen LogP contribution in [0.1, 0.15) is 30.6 Å². The van der Waals surface area contributed by atoms with E-state index in [0.29, 0.717) is 45.0 Å². The molecule has 1 fully saturated rings. The number of amides is 1. The first-order valence-corrected chi connectivity index (χ1v) is 9.93. The minimum atomic E-state index is -3.53. The van der Waals surface area contributed by atoms with Gasteiger partial charge in [0, 0.05) is 31.8 Å². The van der Waals surface area contributed by atoms with Crippen molar-refractivity contribution in [1.29, 1.82) is 0 Å². The lowest BCUT2D eigenvalue weighted by atomic mass is 10.2. The number of hydrogen-bond donors (Lipinski definition) is 1. The summed E-state index contributed by atoms with van der Waals surface area (Å²) in [5, 5.41) is 2.80. The molecule has 140 valence electrons. The molecule has 0 saturated carbocycles. The Bertz CT molecular complexity index is 652. The third kappa shape index (κ3) is 5.78. The van der Waals surface area contributed by atoms with Gasteiger partial charge in [-0.1, -0.05) is 0 Å². The highest BCUT2D eigenvalue weighted by Crippen LogP contribution is 2.17. The summed E-state index contributed by atoms with van der Waals surface area (Å²) >= 11 is 0. The van der Waals surface area contributed by atoms with E-state index in [1.807, 2.05) is 13.8 Å². The van der Waals surface area contributed by atoms with Crippen LogP contribution in [0.15, 0.2) is 29.2 Å². The minimum Gasteiger partial charge on any atom is -0.379 e. The van der Waals surface area contributed by atoms with E-state index in [4.69, 9.17) is 9.47 Å². The Labute approximate surface area is 149 Å². The van der Waals surface area contributed by atoms with Crippen LogP contribution in [0.4, 0.5) is 0 Å². The normalized spacial score (nSPS) is 16.1. The first-order chi connectivity index (χ1) is 11.9. The number of sulfonamides is 1. The Morgan fingerprint density at radius 3 is 2.48 bits per heavy atom. The van der Waals surface area contributed by atoms with Gasteiger partial charge >= 0.3 is 0 Å². The van der Waals surface area contributed by atoms with Crippen molar-refractivity contribution in [3.05, 3.63) is 29.8 Å². The Balaban J connectivity index is 1.89. The Hall–Kier alpha value is -1.48. The zero-order chi connectivity index (χ0) is 18.3. The van der Waals surface area contributed by atoms with E-state index in [2.05, 4.69) is 5.32 Å². The molecule has 2 rings (SSSR count). The maximum atomic E-state index is 12.5. The van der Waals surface area contributed by atoms with Crippen LogP contribution >= 0.6 is 0 Å². The molecule has 1 aliphatic rings. The zero-order valence-corrected chi connectivity index (χ0v) is 15.5. The van der Waals surface area contributed by atoms with Crippen molar-refractivity contribution in [2.24, 2.45) is 0 Å². The lowest BCUT2D eigenvalue weighted by Gasteiger charge is -2.26. The molecular formula is C17H26N2O5S. The molecule has 0 spiro atoms. The SMILES string of the molecule is CC(C)OCCCNC(=O)c1ccc(S(=O)(=O)N2CCOCC2)cc1. The number of hydrogen-bond acceptors (Lipinski definition) is 5. The van der Waals surface area contributed by atoms with Crippen molar-refractivity contribution in [3.63, 3.8) is 0 Å². The average Bonchev–Trinajstić information content (AvgIpc) is 2.62. The third-order valence-electron chi connectivity index (χ3n) is 3.78. The van der Waals surface area contributed by atoms with Gasteiger partial charge in [-0.3, -0.25) is 4.79 Å². The molecule has 0 radical (unpaired) electrons. The number of ether oxygens (including phenoxy) is 2. The molecule has 25 heavy (non-hydrogen) atoms. The molecule has 0 aromatic heterocycles. The lowest BCUT2D eigenvalue weighted by Crippen LogP contribution is -2.40. The van der Waals surface area contributed by atoms with Gasteiger partial charge in [0.2, 0.25) is 10.0 Å². The Morgan fingerprint density at radius 1 is 1.24 bits per heavy atom. The molecule has 0 bridgehead atoms. The molecule has 1 aliphatic heterocycles. The van der Waals surface area contributed by atoms with E-state index in [1.54, 1.807) is 0 Å². The molecule has 1 aromatic carbocycles. The van der Waals surface area contributed by atoms with Crippen LogP contribution in [0.5, 0.6) is 0 Å². The van der Waals surface area contributed by atoms with Gasteiger partial charge in [0.1, 0.15) is 0 Å². The maximum Gasteiger partial charge on any atom is 0.251 e. The first kappa shape index (κ1) is 19.8. The van der Waals surface area contributed by atoms with Crippen molar-refractivity contribution in [1.82, 2.24) is 9.62 Å². The molecule has 1 saturated heterocycles. The van der Waals surface area contributed by atoms with Gasteiger partial charge in [-0.2, -0.15) is 4.31 Å². The van der Waals surface area contributed by atoms with E-state index in [1.165, 1.54) is 28.6 Å². The summed E-state index contributed by atoms with van der Waals surface area (Å²) in [5.74, 6) is -0.222. The zero-order valence-electron chi connectivity index (χ0n) is 14.7. The van der Waals surface area contributed by atoms with Gasteiger partial charge in [-0.25, -0.2) is 8.42 Å². The predicted molar refractivity (Wildman–Crippen MR) is 94.1 cm³/mol. The molecule has 7 nitrogen and oxygen atoms in total. The summed E-state index contributed by atoms with van der Waals surface area (Å²) in [6.07, 6.45) is 0.907. The largest absolute Gasteiger partial charge is 0.379 e. The monoisotopic (exact) mass is 370 g/mol. The highest BCUT2D eigenvalue weighted by Gasteiger charge is 2.26. The van der Waals surface area contributed by atoms with Crippen molar-refractivity contribution in [2.75, 3.05) is 39.5 Å². The van der Waals surface area contributed by atoms with Crippen molar-refractivity contribution in [2.45, 2.75) is 31.3 Å². The van der Waals surface area contributed by atoms with Gasteiger partial charge in [-0.15, -0.1) is 0 Å². The fourth-order valence-electron chi connectivity index (χ4n) is 2.41. The van der Waals surface area contributed by atoms with Gasteiger partial charge in [0.25, 0.3) is 5.91 Å². The standard InChI is InChI=1S/C17H26N2O5S/c1-14(2)24-11-3-8-18-17(20)15-4-6-16(7-5-15)25(21,22)19-9-12-23-13-10-19/h4-7,14H,3,8-13H2,1-2H3,(H,18,20). The second-order valence-corrected chi connectivity index (χ2v) is 8.01. The number of nitrogens with one attached hydrogen (secondary N) is 1. The number of nitrogens with zero attached hydrogens (tertiary/aromatic N) is 1. The number of carbonyl (C=O) groups is 1. The van der Waals surface area contributed by atoms with Gasteiger partial charge in [0.05, 0.1) is 24.2 Å². The topological polar surface area (TPSA) is 84.9 Å². The average molecular weight is 370 g/mol. The summed E-state index contributed by atoms with van der Waals surface area (Å²) in [7, 11) is -3.53. The number of carbonyl (C=O) groups excluding carboxylic acids is 1. The predicted octanol–water partition coefficient (Wildman–Crippen LogP) is 1.25. The highest BCUT2D eigenvalue weighted by atomic mass is 32.2. The molecule has 8 heteroatoms. The van der Waals surface area contributed by atoms with Crippen molar-refractivity contribution >= 4 is 15.9 Å². The third-order valence-corrected chi connectivity index (χ3v) is 5.70. The lowest BCUT2D eigenvalue weighted by molar-refractivity contribution is 0.0730. The summed E-state index contributed by atoms with van der Waals surface area (Å²) in [6.45, 7) is 6.54. The highest BCUT2D eigenvalue weighted by molar-refractivity contribution is 7.89. The molecule has 0 aliphatic carbocycles. The van der Waals surface area contributed by atoms with E-state index in [0.717, 1.165) is 6.42 Å². The van der Waals surface area contributed by atoms with Crippen LogP contribution < -0.4 is 5.32 Å². The van der Waals surface area contributed by atoms with Crippen LogP contribution in [-0.4, -0.2) is 64.2 Å². The van der Waals surface area contributed by atoms with Crippen LogP contribution in [-0.2, 0) is 19.5 Å². The maximum absolute atomic E-state index is 12.5. The Kier molecular flexibility index (Phi) is 7.37. The van der Waals surface area contributed by atoms with Gasteiger partial charge in [0.15, 0.2) is 0 Å². The van der Waals surface area contributed by atoms with E-state index in [-0.39, 0.29) is 16.9 Å². The fraction of sp³-hybridized carbons (Fsp3) is 0.588. The Morgan fingerprint density at radius 2 is 1.88 bits per heavy atom. The minimum absolute atomic E-state index is 0.177. The summed E-state index contributed by atoms with van der Waals surface area (Å²) in [6, 6.07) is 6.02. The molecule has 1 aromatic rings. The van der Waals surface area contributed by atoms with E-state index in [9.17, 15) is 13.2 Å². The molecule has 0 atom stereocenters. The molecular weight excluding hydrogens is 344 g/mol. The van der Waals surface area contributed by atoms with Crippen molar-refractivity contribution in [3.8, 4) is 0 Å². The first-order valence-electron chi connectivity index (χ1n) is 8.49. The van der Waals surface area contributed by atoms with Crippen LogP contribution in [0.2, 0.25) is 0 Å². The molecule has 0 unspecified atom stereocenters. The van der Waals surface area contributed by atoms with Crippen LogP contribution in [0, 0.1) is 0 Å². The van der Waals surface area contributed by atoms with E-state index >= 15 is 0 Å². The second-order valence-electron chi connectivity index (χ2n) is 6.07. The van der Waals surface area contributed by atoms with Gasteiger partial charge < -0.3 is 14.8 Å². The van der Waals surface area contributed by atoms with Crippen LogP contribution in [0.3, 0.4) is 0 Å². The quantitative estimate of drug-likeness (QED) is 0.696. The molecule has 1 amide bonds. The molecule has 1 N–H and O–H groups in total. The fourth-order valence-corrected chi connectivity index (χ4v) is 3.82. The van der Waals surface area contributed by atoms with Crippen molar-refractivity contribution < 1.29 is 22.7 Å². The van der Waals surface area contributed by atoms with Gasteiger partial charge in [-0.05, 0) is 44.5 Å². The number of rotatable bonds is 8. The molecule has 1 heterocycles. The number of benzene rings is 1. The smallest absolute Gasteiger partial charge is 0.251 e. The summed E-state index contributed by atoms with van der Waals surface area (Å²) in [5.41, 5.74) is 0.436. The summed E-state index contributed by atoms with van der Waals surface area (Å²) in [4.78, 5) is 12.3. The number of morpholine rings is 1. The summed E-state index contributed by atoms with van der Waals surface area (Å²) < 4.78 is 37.0. The second kappa shape index (κ2) is 9.28.